The molecule has 0 atom stereocenters. The molecule has 2 aromatic carbocycles. The van der Waals surface area contributed by atoms with Crippen LogP contribution in [0.2, 0.25) is 5.02 Å². The van der Waals surface area contributed by atoms with E-state index in [1.165, 1.54) is 18.2 Å². The number of aromatic carboxylic acids is 1. The van der Waals surface area contributed by atoms with E-state index in [2.05, 4.69) is 5.10 Å². The lowest BCUT2D eigenvalue weighted by Crippen LogP contribution is -2.21. The van der Waals surface area contributed by atoms with Crippen molar-refractivity contribution in [1.29, 1.82) is 0 Å². The Labute approximate surface area is 199 Å². The average molecular weight is 479 g/mol. The van der Waals surface area contributed by atoms with Gasteiger partial charge in [0.25, 0.3) is 5.91 Å². The number of anilines is 1. The van der Waals surface area contributed by atoms with Crippen LogP contribution in [0.3, 0.4) is 0 Å². The number of hydrogen-bond donors (Lipinski definition) is 1. The molecule has 1 aliphatic rings. The van der Waals surface area contributed by atoms with E-state index in [0.717, 1.165) is 5.01 Å². The van der Waals surface area contributed by atoms with Gasteiger partial charge in [-0.3, -0.25) is 4.79 Å². The summed E-state index contributed by atoms with van der Waals surface area (Å²) in [5.41, 5.74) is 1.99. The molecule has 2 heterocycles. The second-order valence-corrected chi connectivity index (χ2v) is 7.74. The third-order valence-corrected chi connectivity index (χ3v) is 5.39. The number of ether oxygens (including phenoxy) is 1. The molecule has 1 aromatic heterocycles. The Morgan fingerprint density at radius 1 is 1.18 bits per heavy atom. The number of carboxylic acid groups (broad SMARTS) is 1. The molecular weight excluding hydrogens is 460 g/mol. The molecule has 0 radical (unpaired) electrons. The van der Waals surface area contributed by atoms with Crippen LogP contribution in [-0.2, 0) is 9.53 Å². The molecule has 9 heteroatoms. The zero-order chi connectivity index (χ0) is 24.4. The van der Waals surface area contributed by atoms with Crippen molar-refractivity contribution in [1.82, 2.24) is 0 Å². The maximum Gasteiger partial charge on any atom is 0.338 e. The van der Waals surface area contributed by atoms with Crippen LogP contribution >= 0.6 is 11.6 Å². The van der Waals surface area contributed by atoms with E-state index in [9.17, 15) is 19.5 Å². The highest BCUT2D eigenvalue weighted by Crippen LogP contribution is 2.30. The van der Waals surface area contributed by atoms with Gasteiger partial charge in [0.2, 0.25) is 0 Å². The van der Waals surface area contributed by atoms with Crippen molar-refractivity contribution >= 4 is 46.9 Å². The third kappa shape index (κ3) is 4.49. The monoisotopic (exact) mass is 478 g/mol. The number of furan rings is 1. The highest BCUT2D eigenvalue weighted by molar-refractivity contribution is 6.34. The Bertz CT molecular complexity index is 1370. The van der Waals surface area contributed by atoms with Gasteiger partial charge in [-0.25, -0.2) is 9.59 Å². The minimum absolute atomic E-state index is 0.0644. The number of hydrazone groups is 1. The van der Waals surface area contributed by atoms with E-state index >= 15 is 0 Å². The number of rotatable bonds is 6. The molecule has 0 aliphatic carbocycles. The number of halogens is 1. The van der Waals surface area contributed by atoms with Gasteiger partial charge in [0.15, 0.2) is 0 Å². The molecule has 0 spiro atoms. The lowest BCUT2D eigenvalue weighted by molar-refractivity contribution is -0.114. The van der Waals surface area contributed by atoms with Crippen molar-refractivity contribution in [2.24, 2.45) is 5.10 Å². The predicted molar refractivity (Wildman–Crippen MR) is 127 cm³/mol. The summed E-state index contributed by atoms with van der Waals surface area (Å²) in [4.78, 5) is 36.4. The highest BCUT2D eigenvalue weighted by atomic mass is 35.5. The molecule has 1 aliphatic heterocycles. The molecule has 0 unspecified atom stereocenters. The Hall–Kier alpha value is -4.17. The van der Waals surface area contributed by atoms with Crippen LogP contribution in [0, 0.1) is 0 Å². The van der Waals surface area contributed by atoms with Crippen molar-refractivity contribution in [3.63, 3.8) is 0 Å². The summed E-state index contributed by atoms with van der Waals surface area (Å²) >= 11 is 5.92. The molecule has 1 amide bonds. The Kier molecular flexibility index (Phi) is 6.34. The number of esters is 1. The zero-order valence-electron chi connectivity index (χ0n) is 18.2. The van der Waals surface area contributed by atoms with Crippen LogP contribution in [0.5, 0.6) is 0 Å². The first-order valence-electron chi connectivity index (χ1n) is 10.3. The van der Waals surface area contributed by atoms with Crippen LogP contribution in [0.1, 0.15) is 40.3 Å². The van der Waals surface area contributed by atoms with Crippen LogP contribution in [0.25, 0.3) is 17.4 Å². The maximum atomic E-state index is 13.0. The largest absolute Gasteiger partial charge is 0.478 e. The van der Waals surface area contributed by atoms with E-state index in [4.69, 9.17) is 20.8 Å². The highest BCUT2D eigenvalue weighted by Gasteiger charge is 2.30. The van der Waals surface area contributed by atoms with E-state index in [0.29, 0.717) is 33.9 Å². The molecule has 0 saturated carbocycles. The van der Waals surface area contributed by atoms with Gasteiger partial charge in [0, 0.05) is 5.56 Å². The fraction of sp³-hybridized carbons (Fsp3) is 0.120. The van der Waals surface area contributed by atoms with Gasteiger partial charge in [0.1, 0.15) is 11.5 Å². The summed E-state index contributed by atoms with van der Waals surface area (Å²) in [5.74, 6) is -1.13. The summed E-state index contributed by atoms with van der Waals surface area (Å²) in [6.45, 7) is 3.69. The van der Waals surface area contributed by atoms with Gasteiger partial charge in [-0.1, -0.05) is 23.7 Å². The smallest absolute Gasteiger partial charge is 0.338 e. The lowest BCUT2D eigenvalue weighted by atomic mass is 10.1. The number of carbonyl (C=O) groups is 3. The normalized spacial score (nSPS) is 14.4. The molecule has 0 bridgehead atoms. The molecular formula is C25H19ClN2O6. The number of hydrogen-bond acceptors (Lipinski definition) is 6. The predicted octanol–water partition coefficient (Wildman–Crippen LogP) is 5.28. The molecule has 8 nitrogen and oxygen atoms in total. The number of benzene rings is 2. The number of carboxylic acids is 1. The van der Waals surface area contributed by atoms with Crippen LogP contribution in [-0.4, -0.2) is 35.3 Å². The lowest BCUT2D eigenvalue weighted by Gasteiger charge is -2.12. The van der Waals surface area contributed by atoms with E-state index < -0.39 is 17.8 Å². The SMILES string of the molecule is CCOC(=O)c1cccc(-c2ccc(/C=C3\C(=O)N(c4ccc(Cl)c(C(=O)O)c4)N=C3C)o2)c1. The second kappa shape index (κ2) is 9.36. The summed E-state index contributed by atoms with van der Waals surface area (Å²) in [5, 5.41) is 14.7. The number of nitrogens with zero attached hydrogens (tertiary/aromatic N) is 2. The van der Waals surface area contributed by atoms with Gasteiger partial charge in [-0.2, -0.15) is 10.1 Å². The molecule has 4 rings (SSSR count). The minimum Gasteiger partial charge on any atom is -0.478 e. The minimum atomic E-state index is -1.20. The van der Waals surface area contributed by atoms with Gasteiger partial charge in [-0.05, 0) is 62.4 Å². The first-order chi connectivity index (χ1) is 16.3. The zero-order valence-corrected chi connectivity index (χ0v) is 19.0. The van der Waals surface area contributed by atoms with Crippen molar-refractivity contribution < 1.29 is 28.6 Å². The van der Waals surface area contributed by atoms with Crippen molar-refractivity contribution in [2.75, 3.05) is 11.6 Å². The fourth-order valence-electron chi connectivity index (χ4n) is 3.41. The summed E-state index contributed by atoms with van der Waals surface area (Å²) in [6, 6.07) is 14.5. The Morgan fingerprint density at radius 3 is 2.71 bits per heavy atom. The van der Waals surface area contributed by atoms with Gasteiger partial charge in [0.05, 0.1) is 39.7 Å². The third-order valence-electron chi connectivity index (χ3n) is 5.06. The maximum absolute atomic E-state index is 13.0. The molecule has 1 N–H and O–H groups in total. The Morgan fingerprint density at radius 2 is 1.97 bits per heavy atom. The summed E-state index contributed by atoms with van der Waals surface area (Å²) in [7, 11) is 0. The molecule has 0 saturated heterocycles. The molecule has 34 heavy (non-hydrogen) atoms. The summed E-state index contributed by atoms with van der Waals surface area (Å²) < 4.78 is 10.9. The number of amides is 1. The van der Waals surface area contributed by atoms with Gasteiger partial charge < -0.3 is 14.3 Å². The van der Waals surface area contributed by atoms with Crippen LogP contribution < -0.4 is 5.01 Å². The van der Waals surface area contributed by atoms with E-state index in [1.54, 1.807) is 56.3 Å². The molecule has 3 aromatic rings. The van der Waals surface area contributed by atoms with Gasteiger partial charge in [-0.15, -0.1) is 0 Å². The number of carbonyl (C=O) groups excluding carboxylic acids is 2. The topological polar surface area (TPSA) is 109 Å². The van der Waals surface area contributed by atoms with Crippen molar-refractivity contribution in [3.05, 3.63) is 82.1 Å². The second-order valence-electron chi connectivity index (χ2n) is 7.33. The quantitative estimate of drug-likeness (QED) is 0.381. The first-order valence-corrected chi connectivity index (χ1v) is 10.7. The van der Waals surface area contributed by atoms with E-state index in [-0.39, 0.29) is 22.9 Å². The van der Waals surface area contributed by atoms with Crippen molar-refractivity contribution in [2.45, 2.75) is 13.8 Å². The first kappa shape index (κ1) is 23.0. The summed E-state index contributed by atoms with van der Waals surface area (Å²) in [6.07, 6.45) is 1.56. The fourth-order valence-corrected chi connectivity index (χ4v) is 3.61. The van der Waals surface area contributed by atoms with Gasteiger partial charge >= 0.3 is 11.9 Å². The van der Waals surface area contributed by atoms with Crippen molar-refractivity contribution in [3.8, 4) is 11.3 Å². The van der Waals surface area contributed by atoms with Crippen LogP contribution in [0.15, 0.2) is 69.7 Å². The molecule has 172 valence electrons. The average Bonchev–Trinajstić information content (AvgIpc) is 3.40. The molecule has 0 fully saturated rings. The van der Waals surface area contributed by atoms with E-state index in [1.807, 2.05) is 0 Å². The van der Waals surface area contributed by atoms with Crippen LogP contribution in [0.4, 0.5) is 5.69 Å². The standard InChI is InChI=1S/C25H19ClN2O6/c1-3-33-25(32)16-6-4-5-15(11-16)22-10-8-18(34-22)13-19-14(2)27-28(23(19)29)17-7-9-21(26)20(12-17)24(30)31/h4-13H,3H2,1-2H3,(H,30,31)/b19-13-. The Balaban J connectivity index is 1.60.